The predicted octanol–water partition coefficient (Wildman–Crippen LogP) is 1.86. The van der Waals surface area contributed by atoms with E-state index in [9.17, 15) is 4.79 Å². The average molecular weight is 391 g/mol. The third-order valence-electron chi connectivity index (χ3n) is 5.11. The molecule has 1 unspecified atom stereocenters. The number of carbonyl (C=O) groups is 1. The predicted molar refractivity (Wildman–Crippen MR) is 104 cm³/mol. The number of aliphatic imine (C=N–C) groups is 1. The normalized spacial score (nSPS) is 26.1. The van der Waals surface area contributed by atoms with Crippen LogP contribution in [0.1, 0.15) is 13.3 Å². The van der Waals surface area contributed by atoms with Crippen LogP contribution < -0.4 is 9.64 Å². The van der Waals surface area contributed by atoms with Crippen molar-refractivity contribution in [3.05, 3.63) is 29.1 Å². The molecule has 144 valence electrons. The summed E-state index contributed by atoms with van der Waals surface area (Å²) in [6.45, 7) is 6.04. The molecule has 0 amide bonds. The van der Waals surface area contributed by atoms with Gasteiger partial charge in [0.25, 0.3) is 0 Å². The van der Waals surface area contributed by atoms with Gasteiger partial charge >= 0.3 is 0 Å². The van der Waals surface area contributed by atoms with Gasteiger partial charge in [-0.25, -0.2) is 4.98 Å². The molecular weight excluding hydrogens is 368 g/mol. The summed E-state index contributed by atoms with van der Waals surface area (Å²) >= 11 is 6.17. The summed E-state index contributed by atoms with van der Waals surface area (Å²) in [4.78, 5) is 24.6. The van der Waals surface area contributed by atoms with Gasteiger partial charge in [-0.05, 0) is 13.0 Å². The summed E-state index contributed by atoms with van der Waals surface area (Å²) in [6.07, 6.45) is 4.31. The van der Waals surface area contributed by atoms with Gasteiger partial charge in [-0.2, -0.15) is 0 Å². The van der Waals surface area contributed by atoms with Gasteiger partial charge in [-0.15, -0.1) is 0 Å². The first-order valence-electron chi connectivity index (χ1n) is 9.26. The van der Waals surface area contributed by atoms with Crippen molar-refractivity contribution < 1.29 is 14.3 Å². The Bertz CT molecular complexity index is 782. The number of dihydropyridines is 1. The molecule has 2 saturated heterocycles. The second kappa shape index (κ2) is 7.86. The fourth-order valence-electron chi connectivity index (χ4n) is 3.67. The van der Waals surface area contributed by atoms with Gasteiger partial charge in [-0.1, -0.05) is 11.6 Å². The first-order valence-corrected chi connectivity index (χ1v) is 9.64. The molecular formula is C19H23ClN4O3. The van der Waals surface area contributed by atoms with Crippen molar-refractivity contribution in [2.45, 2.75) is 25.5 Å². The van der Waals surface area contributed by atoms with Crippen molar-refractivity contribution in [1.29, 1.82) is 0 Å². The first kappa shape index (κ1) is 18.3. The average Bonchev–Trinajstić information content (AvgIpc) is 3.13. The molecule has 1 aromatic heterocycles. The molecule has 2 atom stereocenters. The van der Waals surface area contributed by atoms with Crippen molar-refractivity contribution in [3.63, 3.8) is 0 Å². The quantitative estimate of drug-likeness (QED) is 0.781. The number of likely N-dealkylation sites (tertiary alicyclic amines) is 1. The number of hydrogen-bond acceptors (Lipinski definition) is 7. The zero-order valence-corrected chi connectivity index (χ0v) is 16.1. The van der Waals surface area contributed by atoms with E-state index in [-0.39, 0.29) is 23.5 Å². The van der Waals surface area contributed by atoms with E-state index in [4.69, 9.17) is 21.1 Å². The molecule has 0 N–H and O–H groups in total. The van der Waals surface area contributed by atoms with Crippen molar-refractivity contribution in [2.24, 2.45) is 4.99 Å². The van der Waals surface area contributed by atoms with Crippen LogP contribution >= 0.6 is 11.6 Å². The van der Waals surface area contributed by atoms with Crippen LogP contribution in [0.15, 0.2) is 34.1 Å². The lowest BCUT2D eigenvalue weighted by Gasteiger charge is -2.35. The van der Waals surface area contributed by atoms with Crippen LogP contribution in [0.4, 0.5) is 5.69 Å². The standard InChI is InChI=1S/C19H23ClN4O3/c1-13-12-26-7-6-24(13)14-2-4-22-18(8-14)27-15-3-5-23(11-15)16-9-21-10-17(25)19(16)20/h2,4,8-9,13,15H,3,5-7,10-12H2,1H3/t13?,15-/m1/s1. The van der Waals surface area contributed by atoms with Gasteiger partial charge in [0.15, 0.2) is 5.78 Å². The zero-order valence-electron chi connectivity index (χ0n) is 15.3. The lowest BCUT2D eigenvalue weighted by Crippen LogP contribution is -2.43. The highest BCUT2D eigenvalue weighted by atomic mass is 35.5. The SMILES string of the molecule is CC1COCCN1c1ccnc(O[C@@H]2CCN(C3=C(Cl)C(=O)CN=C3)C2)c1. The van der Waals surface area contributed by atoms with Crippen molar-refractivity contribution in [3.8, 4) is 5.88 Å². The number of nitrogens with zero attached hydrogens (tertiary/aromatic N) is 4. The highest BCUT2D eigenvalue weighted by molar-refractivity contribution is 6.44. The largest absolute Gasteiger partial charge is 0.472 e. The molecule has 1 aromatic rings. The Morgan fingerprint density at radius 2 is 2.26 bits per heavy atom. The number of ketones is 1. The molecule has 2 fully saturated rings. The number of morpholine rings is 1. The maximum Gasteiger partial charge on any atom is 0.215 e. The van der Waals surface area contributed by atoms with Gasteiger partial charge < -0.3 is 19.3 Å². The van der Waals surface area contributed by atoms with Crippen LogP contribution in [0.5, 0.6) is 5.88 Å². The van der Waals surface area contributed by atoms with E-state index in [0.717, 1.165) is 38.4 Å². The van der Waals surface area contributed by atoms with E-state index >= 15 is 0 Å². The zero-order chi connectivity index (χ0) is 18.8. The highest BCUT2D eigenvalue weighted by Crippen LogP contribution is 2.27. The van der Waals surface area contributed by atoms with E-state index in [0.29, 0.717) is 24.2 Å². The molecule has 7 nitrogen and oxygen atoms in total. The van der Waals surface area contributed by atoms with Crippen molar-refractivity contribution in [2.75, 3.05) is 44.3 Å². The summed E-state index contributed by atoms with van der Waals surface area (Å²) in [5.41, 5.74) is 1.80. The number of halogens is 1. The van der Waals surface area contributed by atoms with Crippen molar-refractivity contribution >= 4 is 29.3 Å². The van der Waals surface area contributed by atoms with Gasteiger partial charge in [0.05, 0.1) is 25.5 Å². The number of anilines is 1. The molecule has 0 spiro atoms. The first-order chi connectivity index (χ1) is 13.1. The van der Waals surface area contributed by atoms with Crippen LogP contribution in [0, 0.1) is 0 Å². The maximum atomic E-state index is 11.8. The van der Waals surface area contributed by atoms with Crippen LogP contribution in [0.3, 0.4) is 0 Å². The van der Waals surface area contributed by atoms with Crippen molar-refractivity contribution in [1.82, 2.24) is 9.88 Å². The number of aromatic nitrogens is 1. The van der Waals surface area contributed by atoms with Gasteiger partial charge in [0, 0.05) is 49.7 Å². The Morgan fingerprint density at radius 1 is 1.37 bits per heavy atom. The molecule has 0 saturated carbocycles. The molecule has 3 aliphatic heterocycles. The fraction of sp³-hybridized carbons (Fsp3) is 0.526. The van der Waals surface area contributed by atoms with E-state index in [1.54, 1.807) is 12.4 Å². The van der Waals surface area contributed by atoms with Gasteiger partial charge in [0.2, 0.25) is 5.88 Å². The smallest absolute Gasteiger partial charge is 0.215 e. The molecule has 4 heterocycles. The molecule has 27 heavy (non-hydrogen) atoms. The number of hydrogen-bond donors (Lipinski definition) is 0. The Balaban J connectivity index is 1.42. The summed E-state index contributed by atoms with van der Waals surface area (Å²) < 4.78 is 11.6. The third-order valence-corrected chi connectivity index (χ3v) is 5.51. The Kier molecular flexibility index (Phi) is 5.31. The fourth-order valence-corrected chi connectivity index (χ4v) is 3.90. The molecule has 4 rings (SSSR count). The van der Waals surface area contributed by atoms with Crippen LogP contribution in [0.25, 0.3) is 0 Å². The van der Waals surface area contributed by atoms with Crippen LogP contribution in [-0.4, -0.2) is 73.4 Å². The summed E-state index contributed by atoms with van der Waals surface area (Å²) in [5, 5.41) is 0.270. The Labute approximate surface area is 163 Å². The number of allylic oxidation sites excluding steroid dienone is 1. The van der Waals surface area contributed by atoms with Gasteiger partial charge in [0.1, 0.15) is 17.7 Å². The maximum absolute atomic E-state index is 11.8. The van der Waals surface area contributed by atoms with Crippen LogP contribution in [0.2, 0.25) is 0 Å². The van der Waals surface area contributed by atoms with E-state index in [2.05, 4.69) is 26.7 Å². The summed E-state index contributed by atoms with van der Waals surface area (Å²) in [7, 11) is 0. The number of rotatable bonds is 4. The van der Waals surface area contributed by atoms with Crippen LogP contribution in [-0.2, 0) is 9.53 Å². The Hall–Kier alpha value is -2.12. The van der Waals surface area contributed by atoms with E-state index < -0.39 is 0 Å². The lowest BCUT2D eigenvalue weighted by atomic mass is 10.2. The monoisotopic (exact) mass is 390 g/mol. The third kappa shape index (κ3) is 3.94. The molecule has 0 aliphatic carbocycles. The molecule has 0 radical (unpaired) electrons. The molecule has 0 aromatic carbocycles. The number of carbonyl (C=O) groups excluding carboxylic acids is 1. The second-order valence-corrected chi connectivity index (χ2v) is 7.41. The number of pyridine rings is 1. The summed E-state index contributed by atoms with van der Waals surface area (Å²) in [6, 6.07) is 4.32. The molecule has 3 aliphatic rings. The second-order valence-electron chi connectivity index (χ2n) is 7.04. The molecule has 8 heteroatoms. The number of Topliss-reactive ketones (excluding diaryl/α,β-unsaturated/α-hetero) is 1. The number of ether oxygens (including phenoxy) is 2. The minimum atomic E-state index is -0.132. The van der Waals surface area contributed by atoms with Gasteiger partial charge in [-0.3, -0.25) is 9.79 Å². The van der Waals surface area contributed by atoms with E-state index in [1.165, 1.54) is 0 Å². The minimum absolute atomic E-state index is 0.00254. The lowest BCUT2D eigenvalue weighted by molar-refractivity contribution is -0.113. The highest BCUT2D eigenvalue weighted by Gasteiger charge is 2.29. The minimum Gasteiger partial charge on any atom is -0.472 e. The summed E-state index contributed by atoms with van der Waals surface area (Å²) in [5.74, 6) is 0.485. The van der Waals surface area contributed by atoms with E-state index in [1.807, 2.05) is 12.1 Å². The topological polar surface area (TPSA) is 67.3 Å². The molecule has 0 bridgehead atoms. The Morgan fingerprint density at radius 3 is 3.11 bits per heavy atom.